The number of methoxy groups -OCH3 is 1. The standard InChI is InChI=1S/C31H30N6O4/c1-39-23-9-6-21(7-10-23)18-33-31(38)24(17-32)29-30(35-26-5-3-2-4-25(26)34-29)37-14-12-36(13-15-37)19-22-8-11-27-28(16-22)41-20-40-27/h2-11,16,24H,12-15,18-20H2,1H3,(H,33,38)/t24-/m1/s1. The molecule has 1 saturated heterocycles. The largest absolute Gasteiger partial charge is 0.497 e. The van der Waals surface area contributed by atoms with Gasteiger partial charge in [0.2, 0.25) is 12.7 Å². The zero-order valence-electron chi connectivity index (χ0n) is 22.7. The number of carbonyl (C=O) groups is 1. The third kappa shape index (κ3) is 5.71. The number of carbonyl (C=O) groups excluding carboxylic acids is 1. The summed E-state index contributed by atoms with van der Waals surface area (Å²) in [5.74, 6) is 1.37. The molecule has 1 aromatic heterocycles. The second kappa shape index (κ2) is 11.7. The number of aromatic nitrogens is 2. The molecule has 2 aliphatic heterocycles. The van der Waals surface area contributed by atoms with Crippen molar-refractivity contribution < 1.29 is 19.0 Å². The van der Waals surface area contributed by atoms with E-state index in [0.29, 0.717) is 30.1 Å². The van der Waals surface area contributed by atoms with Gasteiger partial charge in [0.15, 0.2) is 23.2 Å². The lowest BCUT2D eigenvalue weighted by Crippen LogP contribution is -2.47. The minimum absolute atomic E-state index is 0.260. The molecule has 10 heteroatoms. The van der Waals surface area contributed by atoms with Crippen LogP contribution in [0.25, 0.3) is 11.0 Å². The maximum Gasteiger partial charge on any atom is 0.243 e. The van der Waals surface area contributed by atoms with Gasteiger partial charge in [0.1, 0.15) is 11.4 Å². The summed E-state index contributed by atoms with van der Waals surface area (Å²) in [4.78, 5) is 27.5. The highest BCUT2D eigenvalue weighted by Gasteiger charge is 2.30. The molecule has 0 unspecified atom stereocenters. The van der Waals surface area contributed by atoms with Gasteiger partial charge < -0.3 is 24.4 Å². The Morgan fingerprint density at radius 3 is 2.41 bits per heavy atom. The molecule has 4 aromatic rings. The molecular weight excluding hydrogens is 520 g/mol. The normalized spacial score (nSPS) is 15.4. The van der Waals surface area contributed by atoms with E-state index >= 15 is 0 Å². The Morgan fingerprint density at radius 2 is 1.68 bits per heavy atom. The zero-order chi connectivity index (χ0) is 28.2. The van der Waals surface area contributed by atoms with Crippen molar-refractivity contribution in [3.63, 3.8) is 0 Å². The first-order valence-electron chi connectivity index (χ1n) is 13.5. The number of nitrogens with zero attached hydrogens (tertiary/aromatic N) is 5. The van der Waals surface area contributed by atoms with Crippen LogP contribution in [0.1, 0.15) is 22.7 Å². The number of para-hydroxylation sites is 2. The number of hydrogen-bond acceptors (Lipinski definition) is 9. The van der Waals surface area contributed by atoms with Gasteiger partial charge >= 0.3 is 0 Å². The van der Waals surface area contributed by atoms with Gasteiger partial charge in [-0.1, -0.05) is 30.3 Å². The Morgan fingerprint density at radius 1 is 0.976 bits per heavy atom. The summed E-state index contributed by atoms with van der Waals surface area (Å²) in [7, 11) is 1.61. The molecule has 0 bridgehead atoms. The number of nitriles is 1. The molecule has 0 saturated carbocycles. The van der Waals surface area contributed by atoms with Crippen molar-refractivity contribution in [3.05, 3.63) is 83.6 Å². The molecule has 10 nitrogen and oxygen atoms in total. The third-order valence-electron chi connectivity index (χ3n) is 7.38. The number of anilines is 1. The highest BCUT2D eigenvalue weighted by Crippen LogP contribution is 2.33. The first-order chi connectivity index (χ1) is 20.1. The van der Waals surface area contributed by atoms with Crippen molar-refractivity contribution in [1.29, 1.82) is 5.26 Å². The Balaban J connectivity index is 1.19. The average Bonchev–Trinajstić information content (AvgIpc) is 3.49. The lowest BCUT2D eigenvalue weighted by Gasteiger charge is -2.36. The smallest absolute Gasteiger partial charge is 0.243 e. The van der Waals surface area contributed by atoms with Crippen molar-refractivity contribution in [2.24, 2.45) is 0 Å². The number of amides is 1. The van der Waals surface area contributed by atoms with E-state index in [2.05, 4.69) is 27.3 Å². The Hall–Kier alpha value is -4.88. The minimum Gasteiger partial charge on any atom is -0.497 e. The van der Waals surface area contributed by atoms with E-state index in [1.54, 1.807) is 7.11 Å². The lowest BCUT2D eigenvalue weighted by atomic mass is 10.0. The molecule has 3 heterocycles. The van der Waals surface area contributed by atoms with E-state index < -0.39 is 11.8 Å². The molecule has 2 aliphatic rings. The molecular formula is C31H30N6O4. The van der Waals surface area contributed by atoms with Crippen molar-refractivity contribution >= 4 is 22.8 Å². The van der Waals surface area contributed by atoms with E-state index in [4.69, 9.17) is 24.2 Å². The van der Waals surface area contributed by atoms with Crippen molar-refractivity contribution in [2.45, 2.75) is 19.0 Å². The van der Waals surface area contributed by atoms with Crippen LogP contribution < -0.4 is 24.4 Å². The number of hydrogen-bond donors (Lipinski definition) is 1. The highest BCUT2D eigenvalue weighted by molar-refractivity contribution is 5.88. The lowest BCUT2D eigenvalue weighted by molar-refractivity contribution is -0.121. The third-order valence-corrected chi connectivity index (χ3v) is 7.38. The molecule has 1 amide bonds. The number of fused-ring (bicyclic) bond motifs is 2. The van der Waals surface area contributed by atoms with Gasteiger partial charge in [0, 0.05) is 39.3 Å². The fourth-order valence-electron chi connectivity index (χ4n) is 5.12. The zero-order valence-corrected chi connectivity index (χ0v) is 22.7. The number of nitrogens with one attached hydrogen (secondary N) is 1. The monoisotopic (exact) mass is 550 g/mol. The van der Waals surface area contributed by atoms with E-state index in [9.17, 15) is 10.1 Å². The van der Waals surface area contributed by atoms with Crippen LogP contribution in [0.5, 0.6) is 17.2 Å². The van der Waals surface area contributed by atoms with E-state index in [1.807, 2.05) is 60.7 Å². The summed E-state index contributed by atoms with van der Waals surface area (Å²) >= 11 is 0. The van der Waals surface area contributed by atoms with Crippen molar-refractivity contribution in [2.75, 3.05) is 45.0 Å². The second-order valence-electron chi connectivity index (χ2n) is 10.00. The van der Waals surface area contributed by atoms with Gasteiger partial charge in [-0.05, 0) is 47.5 Å². The van der Waals surface area contributed by atoms with Gasteiger partial charge in [0.05, 0.1) is 24.2 Å². The van der Waals surface area contributed by atoms with Crippen LogP contribution in [0.15, 0.2) is 66.7 Å². The number of piperazine rings is 1. The van der Waals surface area contributed by atoms with Crippen LogP contribution in [0.2, 0.25) is 0 Å². The maximum absolute atomic E-state index is 13.3. The Kier molecular flexibility index (Phi) is 7.52. The van der Waals surface area contributed by atoms with Crippen LogP contribution in [0.4, 0.5) is 5.82 Å². The van der Waals surface area contributed by atoms with Crippen molar-refractivity contribution in [3.8, 4) is 23.3 Å². The topological polar surface area (TPSA) is 113 Å². The van der Waals surface area contributed by atoms with Gasteiger partial charge in [-0.15, -0.1) is 0 Å². The number of benzene rings is 3. The second-order valence-corrected chi connectivity index (χ2v) is 10.00. The summed E-state index contributed by atoms with van der Waals surface area (Å²) in [5, 5.41) is 13.0. The average molecular weight is 551 g/mol. The maximum atomic E-state index is 13.3. The number of ether oxygens (including phenoxy) is 3. The van der Waals surface area contributed by atoms with Crippen LogP contribution in [0, 0.1) is 11.3 Å². The summed E-state index contributed by atoms with van der Waals surface area (Å²) in [6, 6.07) is 23.2. The van der Waals surface area contributed by atoms with Gasteiger partial charge in [-0.2, -0.15) is 5.26 Å². The highest BCUT2D eigenvalue weighted by atomic mass is 16.7. The summed E-state index contributed by atoms with van der Waals surface area (Å²) in [6.45, 7) is 4.31. The minimum atomic E-state index is -1.10. The molecule has 3 aromatic carbocycles. The molecule has 1 N–H and O–H groups in total. The van der Waals surface area contributed by atoms with Gasteiger partial charge in [-0.25, -0.2) is 9.97 Å². The van der Waals surface area contributed by atoms with Crippen LogP contribution in [-0.2, 0) is 17.9 Å². The SMILES string of the molecule is COc1ccc(CNC(=O)[C@H](C#N)c2nc3ccccc3nc2N2CCN(Cc3ccc4c(c3)OCO4)CC2)cc1. The molecule has 6 rings (SSSR count). The first kappa shape index (κ1) is 26.3. The van der Waals surface area contributed by atoms with Gasteiger partial charge in [-0.3, -0.25) is 9.69 Å². The Bertz CT molecular complexity index is 1600. The van der Waals surface area contributed by atoms with Crippen LogP contribution in [0.3, 0.4) is 0 Å². The molecule has 1 fully saturated rings. The number of rotatable bonds is 8. The van der Waals surface area contributed by atoms with Crippen LogP contribution >= 0.6 is 0 Å². The van der Waals surface area contributed by atoms with E-state index in [1.165, 1.54) is 0 Å². The molecule has 0 radical (unpaired) electrons. The predicted octanol–water partition coefficient (Wildman–Crippen LogP) is 3.61. The molecule has 0 spiro atoms. The molecule has 1 atom stereocenters. The fraction of sp³-hybridized carbons (Fsp3) is 0.290. The fourth-order valence-corrected chi connectivity index (χ4v) is 5.12. The predicted molar refractivity (Wildman–Crippen MR) is 153 cm³/mol. The van der Waals surface area contributed by atoms with E-state index in [-0.39, 0.29) is 13.3 Å². The molecule has 208 valence electrons. The summed E-state index contributed by atoms with van der Waals surface area (Å²) in [5.41, 5.74) is 3.81. The molecule has 0 aliphatic carbocycles. The first-order valence-corrected chi connectivity index (χ1v) is 13.5. The van der Waals surface area contributed by atoms with Crippen LogP contribution in [-0.4, -0.2) is 60.9 Å². The Labute approximate surface area is 238 Å². The van der Waals surface area contributed by atoms with E-state index in [0.717, 1.165) is 53.5 Å². The summed E-state index contributed by atoms with van der Waals surface area (Å²) in [6.07, 6.45) is 0. The quantitative estimate of drug-likeness (QED) is 0.352. The molecule has 41 heavy (non-hydrogen) atoms. The van der Waals surface area contributed by atoms with Crippen molar-refractivity contribution in [1.82, 2.24) is 20.2 Å². The summed E-state index contributed by atoms with van der Waals surface area (Å²) < 4.78 is 16.2. The van der Waals surface area contributed by atoms with Gasteiger partial charge in [0.25, 0.3) is 0 Å².